The summed E-state index contributed by atoms with van der Waals surface area (Å²) in [6.45, 7) is 4.81. The van der Waals surface area contributed by atoms with Gasteiger partial charge in [-0.15, -0.1) is 6.58 Å². The number of hydrogen-bond acceptors (Lipinski definition) is 4. The molecule has 0 atom stereocenters. The Bertz CT molecular complexity index is 924. The van der Waals surface area contributed by atoms with Crippen molar-refractivity contribution in [1.82, 2.24) is 15.3 Å². The quantitative estimate of drug-likeness (QED) is 0.456. The summed E-state index contributed by atoms with van der Waals surface area (Å²) in [5.74, 6) is 0.603. The second-order valence-electron chi connectivity index (χ2n) is 6.20. The molecule has 3 rings (SSSR count). The zero-order valence-electron chi connectivity index (χ0n) is 15.2. The number of carbonyl (C=O) groups excluding carboxylic acids is 1. The van der Waals surface area contributed by atoms with Crippen molar-refractivity contribution in [2.75, 3.05) is 6.61 Å². The van der Waals surface area contributed by atoms with Gasteiger partial charge in [0.1, 0.15) is 11.4 Å². The number of unbranched alkanes of at least 4 members (excludes halogenated alkanes) is 2. The standard InChI is InChI=1S/C22H23N3O2/c1-2-3-4-5-14-27-18-9-6-8-17(15-18)16-24-22(26)21-12-11-19-20(25-21)10-7-13-23-19/h2,6-13,15H,1,3-5,14,16H2,(H,24,26). The number of carbonyl (C=O) groups is 1. The van der Waals surface area contributed by atoms with Crippen molar-refractivity contribution in [3.8, 4) is 5.75 Å². The van der Waals surface area contributed by atoms with Crippen molar-refractivity contribution in [3.63, 3.8) is 0 Å². The number of rotatable bonds is 9. The van der Waals surface area contributed by atoms with Gasteiger partial charge in [-0.25, -0.2) is 4.98 Å². The Labute approximate surface area is 159 Å². The van der Waals surface area contributed by atoms with Crippen LogP contribution in [0.15, 0.2) is 67.4 Å². The van der Waals surface area contributed by atoms with Gasteiger partial charge in [0, 0.05) is 12.7 Å². The number of pyridine rings is 2. The molecule has 1 aromatic carbocycles. The minimum Gasteiger partial charge on any atom is -0.494 e. The maximum Gasteiger partial charge on any atom is 0.270 e. The molecule has 0 aliphatic carbocycles. The van der Waals surface area contributed by atoms with Crippen molar-refractivity contribution < 1.29 is 9.53 Å². The number of nitrogens with one attached hydrogen (secondary N) is 1. The third kappa shape index (κ3) is 5.38. The molecule has 3 aromatic rings. The zero-order chi connectivity index (χ0) is 18.9. The van der Waals surface area contributed by atoms with Crippen LogP contribution >= 0.6 is 0 Å². The number of nitrogens with zero attached hydrogens (tertiary/aromatic N) is 2. The van der Waals surface area contributed by atoms with E-state index in [1.165, 1.54) is 0 Å². The van der Waals surface area contributed by atoms with Crippen LogP contribution in [-0.4, -0.2) is 22.5 Å². The van der Waals surface area contributed by atoms with Gasteiger partial charge in [0.15, 0.2) is 0 Å². The van der Waals surface area contributed by atoms with Crippen molar-refractivity contribution in [2.24, 2.45) is 0 Å². The van der Waals surface area contributed by atoms with Gasteiger partial charge in [0.2, 0.25) is 0 Å². The summed E-state index contributed by atoms with van der Waals surface area (Å²) in [5, 5.41) is 2.90. The summed E-state index contributed by atoms with van der Waals surface area (Å²) in [6.07, 6.45) is 6.71. The summed E-state index contributed by atoms with van der Waals surface area (Å²) in [7, 11) is 0. The molecule has 0 bridgehead atoms. The Balaban J connectivity index is 1.54. The maximum absolute atomic E-state index is 12.4. The molecule has 0 spiro atoms. The number of aromatic nitrogens is 2. The highest BCUT2D eigenvalue weighted by molar-refractivity contribution is 5.94. The molecule has 5 nitrogen and oxygen atoms in total. The number of ether oxygens (including phenoxy) is 1. The summed E-state index contributed by atoms with van der Waals surface area (Å²) >= 11 is 0. The molecule has 0 aliphatic heterocycles. The van der Waals surface area contributed by atoms with Crippen LogP contribution in [0.3, 0.4) is 0 Å². The molecule has 2 aromatic heterocycles. The van der Waals surface area contributed by atoms with Crippen molar-refractivity contribution in [1.29, 1.82) is 0 Å². The molecule has 1 amide bonds. The lowest BCUT2D eigenvalue weighted by Gasteiger charge is -2.09. The van der Waals surface area contributed by atoms with Crippen LogP contribution in [0.2, 0.25) is 0 Å². The van der Waals surface area contributed by atoms with E-state index in [9.17, 15) is 4.79 Å². The van der Waals surface area contributed by atoms with Crippen LogP contribution in [0.4, 0.5) is 0 Å². The zero-order valence-corrected chi connectivity index (χ0v) is 15.2. The van der Waals surface area contributed by atoms with Crippen molar-refractivity contribution >= 4 is 16.9 Å². The van der Waals surface area contributed by atoms with E-state index in [-0.39, 0.29) is 5.91 Å². The summed E-state index contributed by atoms with van der Waals surface area (Å²) in [4.78, 5) is 21.0. The second-order valence-corrected chi connectivity index (χ2v) is 6.20. The van der Waals surface area contributed by atoms with Gasteiger partial charge in [-0.3, -0.25) is 9.78 Å². The lowest BCUT2D eigenvalue weighted by Crippen LogP contribution is -2.23. The summed E-state index contributed by atoms with van der Waals surface area (Å²) in [6, 6.07) is 14.9. The van der Waals surface area contributed by atoms with Crippen molar-refractivity contribution in [2.45, 2.75) is 25.8 Å². The highest BCUT2D eigenvalue weighted by Gasteiger charge is 2.08. The number of fused-ring (bicyclic) bond motifs is 1. The minimum absolute atomic E-state index is 0.212. The molecule has 5 heteroatoms. The molecule has 1 N–H and O–H groups in total. The summed E-state index contributed by atoms with van der Waals surface area (Å²) in [5.41, 5.74) is 2.84. The Morgan fingerprint density at radius 3 is 2.93 bits per heavy atom. The van der Waals surface area contributed by atoms with Gasteiger partial charge in [-0.05, 0) is 61.2 Å². The maximum atomic E-state index is 12.4. The number of allylic oxidation sites excluding steroid dienone is 1. The van der Waals surface area contributed by atoms with Crippen LogP contribution in [0.1, 0.15) is 35.3 Å². The first-order valence-electron chi connectivity index (χ1n) is 9.09. The molecular weight excluding hydrogens is 338 g/mol. The van der Waals surface area contributed by atoms with Crippen LogP contribution in [0.5, 0.6) is 5.75 Å². The number of benzene rings is 1. The third-order valence-corrected chi connectivity index (χ3v) is 4.11. The second kappa shape index (κ2) is 9.48. The van der Waals surface area contributed by atoms with Gasteiger partial charge < -0.3 is 10.1 Å². The Hall–Kier alpha value is -3.21. The van der Waals surface area contributed by atoms with E-state index in [0.717, 1.165) is 36.1 Å². The largest absolute Gasteiger partial charge is 0.494 e. The molecule has 0 saturated heterocycles. The van der Waals surface area contributed by atoms with Crippen LogP contribution in [0, 0.1) is 0 Å². The number of hydrogen-bond donors (Lipinski definition) is 1. The Morgan fingerprint density at radius 2 is 2.04 bits per heavy atom. The van der Waals surface area contributed by atoms with E-state index in [4.69, 9.17) is 4.74 Å². The average Bonchev–Trinajstić information content (AvgIpc) is 2.72. The normalized spacial score (nSPS) is 10.5. The first kappa shape index (κ1) is 18.6. The molecular formula is C22H23N3O2. The molecule has 27 heavy (non-hydrogen) atoms. The monoisotopic (exact) mass is 361 g/mol. The predicted molar refractivity (Wildman–Crippen MR) is 107 cm³/mol. The first-order valence-corrected chi connectivity index (χ1v) is 9.09. The molecule has 0 aliphatic rings. The predicted octanol–water partition coefficient (Wildman–Crippen LogP) is 4.29. The van der Waals surface area contributed by atoms with Gasteiger partial charge in [0.05, 0.1) is 17.6 Å². The van der Waals surface area contributed by atoms with Crippen LogP contribution in [0.25, 0.3) is 11.0 Å². The van der Waals surface area contributed by atoms with E-state index >= 15 is 0 Å². The number of amides is 1. The third-order valence-electron chi connectivity index (χ3n) is 4.11. The molecule has 0 fully saturated rings. The Kier molecular flexibility index (Phi) is 6.52. The SMILES string of the molecule is C=CCCCCOc1cccc(CNC(=O)c2ccc3ncccc3n2)c1. The fraction of sp³-hybridized carbons (Fsp3) is 0.227. The summed E-state index contributed by atoms with van der Waals surface area (Å²) < 4.78 is 5.77. The highest BCUT2D eigenvalue weighted by Crippen LogP contribution is 2.14. The van der Waals surface area contributed by atoms with Gasteiger partial charge in [-0.1, -0.05) is 18.2 Å². The van der Waals surface area contributed by atoms with E-state index in [1.54, 1.807) is 24.4 Å². The minimum atomic E-state index is -0.212. The van der Waals surface area contributed by atoms with E-state index in [2.05, 4.69) is 21.9 Å². The van der Waals surface area contributed by atoms with E-state index in [1.807, 2.05) is 36.4 Å². The topological polar surface area (TPSA) is 64.1 Å². The van der Waals surface area contributed by atoms with Gasteiger partial charge in [-0.2, -0.15) is 0 Å². The van der Waals surface area contributed by atoms with Gasteiger partial charge >= 0.3 is 0 Å². The lowest BCUT2D eigenvalue weighted by molar-refractivity contribution is 0.0946. The van der Waals surface area contributed by atoms with Crippen LogP contribution < -0.4 is 10.1 Å². The highest BCUT2D eigenvalue weighted by atomic mass is 16.5. The average molecular weight is 361 g/mol. The van der Waals surface area contributed by atoms with Gasteiger partial charge in [0.25, 0.3) is 5.91 Å². The molecule has 0 radical (unpaired) electrons. The molecule has 0 unspecified atom stereocenters. The first-order chi connectivity index (χ1) is 13.3. The molecule has 2 heterocycles. The fourth-order valence-corrected chi connectivity index (χ4v) is 2.68. The smallest absolute Gasteiger partial charge is 0.270 e. The van der Waals surface area contributed by atoms with E-state index < -0.39 is 0 Å². The Morgan fingerprint density at radius 1 is 1.11 bits per heavy atom. The van der Waals surface area contributed by atoms with Crippen LogP contribution in [-0.2, 0) is 6.54 Å². The molecule has 0 saturated carbocycles. The molecule has 138 valence electrons. The lowest BCUT2D eigenvalue weighted by atomic mass is 10.2. The van der Waals surface area contributed by atoms with Crippen molar-refractivity contribution in [3.05, 3.63) is 78.6 Å². The van der Waals surface area contributed by atoms with E-state index in [0.29, 0.717) is 24.4 Å². The fourth-order valence-electron chi connectivity index (χ4n) is 2.68.